The van der Waals surface area contributed by atoms with Crippen molar-refractivity contribution in [2.45, 2.75) is 50.4 Å². The molecule has 0 atom stereocenters. The second-order valence-electron chi connectivity index (χ2n) is 7.30. The second kappa shape index (κ2) is 6.21. The van der Waals surface area contributed by atoms with Crippen molar-refractivity contribution < 1.29 is 0 Å². The third kappa shape index (κ3) is 2.56. The van der Waals surface area contributed by atoms with Gasteiger partial charge in [0.25, 0.3) is 5.56 Å². The lowest BCUT2D eigenvalue weighted by Gasteiger charge is -2.11. The molecule has 1 aliphatic rings. The molecule has 0 amide bonds. The smallest absolute Gasteiger partial charge is 0.268 e. The largest absolute Gasteiger partial charge is 0.268 e. The number of benzene rings is 1. The van der Waals surface area contributed by atoms with E-state index in [2.05, 4.69) is 28.4 Å². The number of aromatic nitrogens is 4. The predicted octanol–water partition coefficient (Wildman–Crippen LogP) is 4.39. The summed E-state index contributed by atoms with van der Waals surface area (Å²) in [7, 11) is 0. The number of rotatable bonds is 3. The molecular weight excluding hydrogens is 376 g/mol. The summed E-state index contributed by atoms with van der Waals surface area (Å²) in [6.07, 6.45) is 3.18. The number of aryl methyl sites for hydroxylation is 3. The molecule has 0 radical (unpaired) electrons. The van der Waals surface area contributed by atoms with Crippen molar-refractivity contribution in [2.75, 3.05) is 0 Å². The van der Waals surface area contributed by atoms with Gasteiger partial charge in [0.2, 0.25) is 5.78 Å². The van der Waals surface area contributed by atoms with Gasteiger partial charge in [0.15, 0.2) is 5.16 Å². The van der Waals surface area contributed by atoms with E-state index in [-0.39, 0.29) is 5.56 Å². The van der Waals surface area contributed by atoms with Gasteiger partial charge in [-0.2, -0.15) is 0 Å². The van der Waals surface area contributed by atoms with Crippen LogP contribution in [0.25, 0.3) is 21.7 Å². The molecule has 1 aromatic carbocycles. The van der Waals surface area contributed by atoms with E-state index in [0.29, 0.717) is 11.0 Å². The number of thioether (sulfide) groups is 1. The van der Waals surface area contributed by atoms with E-state index in [1.807, 2.05) is 31.2 Å². The van der Waals surface area contributed by atoms with Crippen LogP contribution in [0.4, 0.5) is 0 Å². The Labute approximate surface area is 165 Å². The first-order valence-corrected chi connectivity index (χ1v) is 10.9. The van der Waals surface area contributed by atoms with E-state index in [1.54, 1.807) is 27.7 Å². The van der Waals surface area contributed by atoms with Crippen molar-refractivity contribution in [1.82, 2.24) is 19.2 Å². The van der Waals surface area contributed by atoms with Crippen LogP contribution in [-0.4, -0.2) is 24.4 Å². The van der Waals surface area contributed by atoms with Crippen LogP contribution < -0.4 is 5.56 Å². The maximum atomic E-state index is 13.6. The molecule has 0 saturated carbocycles. The van der Waals surface area contributed by atoms with Crippen LogP contribution in [0.2, 0.25) is 0 Å². The monoisotopic (exact) mass is 396 g/mol. The first-order valence-electron chi connectivity index (χ1n) is 9.22. The summed E-state index contributed by atoms with van der Waals surface area (Å²) in [4.78, 5) is 15.9. The normalized spacial score (nSPS) is 13.9. The fourth-order valence-corrected chi connectivity index (χ4v) is 6.07. The summed E-state index contributed by atoms with van der Waals surface area (Å²) in [5.74, 6) is 0.598. The highest BCUT2D eigenvalue weighted by Gasteiger charge is 2.26. The summed E-state index contributed by atoms with van der Waals surface area (Å²) >= 11 is 3.42. The average Bonchev–Trinajstić information content (AvgIpc) is 3.28. The zero-order chi connectivity index (χ0) is 18.7. The van der Waals surface area contributed by atoms with Gasteiger partial charge < -0.3 is 0 Å². The molecule has 0 aliphatic heterocycles. The second-order valence-corrected chi connectivity index (χ2v) is 9.93. The first-order chi connectivity index (χ1) is 13.0. The van der Waals surface area contributed by atoms with Crippen LogP contribution >= 0.6 is 23.1 Å². The van der Waals surface area contributed by atoms with E-state index in [4.69, 9.17) is 0 Å². The molecule has 5 nitrogen and oxygen atoms in total. The maximum absolute atomic E-state index is 13.6. The van der Waals surface area contributed by atoms with E-state index >= 15 is 0 Å². The quantitative estimate of drug-likeness (QED) is 0.482. The van der Waals surface area contributed by atoms with E-state index < -0.39 is 0 Å². The molecule has 0 bridgehead atoms. The van der Waals surface area contributed by atoms with Crippen LogP contribution in [-0.2, 0) is 12.8 Å². The molecule has 3 aromatic heterocycles. The van der Waals surface area contributed by atoms with Crippen LogP contribution in [0.3, 0.4) is 0 Å². The van der Waals surface area contributed by atoms with E-state index in [0.717, 1.165) is 45.9 Å². The third-order valence-corrected chi connectivity index (χ3v) is 7.16. The lowest BCUT2D eigenvalue weighted by atomic mass is 10.2. The Kier molecular flexibility index (Phi) is 3.91. The number of nitrogens with zero attached hydrogens (tertiary/aromatic N) is 4. The lowest BCUT2D eigenvalue weighted by Crippen LogP contribution is -2.22. The predicted molar refractivity (Wildman–Crippen MR) is 112 cm³/mol. The third-order valence-electron chi connectivity index (χ3n) is 4.94. The molecule has 3 heterocycles. The maximum Gasteiger partial charge on any atom is 0.268 e. The van der Waals surface area contributed by atoms with Crippen molar-refractivity contribution in [3.8, 4) is 5.69 Å². The number of fused-ring (bicyclic) bond motifs is 5. The van der Waals surface area contributed by atoms with Gasteiger partial charge in [0.05, 0.1) is 11.1 Å². The summed E-state index contributed by atoms with van der Waals surface area (Å²) in [5, 5.41) is 11.0. The minimum absolute atomic E-state index is 0.0241. The zero-order valence-electron chi connectivity index (χ0n) is 15.5. The fourth-order valence-electron chi connectivity index (χ4n) is 3.84. The Morgan fingerprint density at radius 3 is 2.85 bits per heavy atom. The molecule has 1 aliphatic carbocycles. The highest BCUT2D eigenvalue weighted by atomic mass is 32.2. The fraction of sp³-hybridized carbons (Fsp3) is 0.350. The number of hydrogen-bond acceptors (Lipinski definition) is 5. The molecule has 0 saturated heterocycles. The van der Waals surface area contributed by atoms with Crippen molar-refractivity contribution in [1.29, 1.82) is 0 Å². The molecule has 5 rings (SSSR count). The molecule has 4 aromatic rings. The van der Waals surface area contributed by atoms with Gasteiger partial charge in [-0.25, -0.2) is 8.97 Å². The molecular formula is C20H20N4OS2. The standard InChI is InChI=1S/C20H20N4OS2/c1-11(2)26-20-22-21-19-23(13-7-4-6-12(3)10-13)17(25)16-14-8-5-9-15(14)27-18(16)24(19)20/h4,6-7,10-11H,5,8-9H2,1-3H3. The van der Waals surface area contributed by atoms with E-state index in [1.165, 1.54) is 10.4 Å². The summed E-state index contributed by atoms with van der Waals surface area (Å²) < 4.78 is 3.82. The molecule has 0 fully saturated rings. The molecule has 138 valence electrons. The van der Waals surface area contributed by atoms with Gasteiger partial charge in [0, 0.05) is 10.1 Å². The number of thiophene rings is 1. The molecule has 0 spiro atoms. The Bertz CT molecular complexity index is 1250. The summed E-state index contributed by atoms with van der Waals surface area (Å²) in [5.41, 5.74) is 3.22. The molecule has 0 N–H and O–H groups in total. The SMILES string of the molecule is Cc1cccc(-n2c(=O)c3c4c(sc3n3c(SC(C)C)nnc23)CCC4)c1. The van der Waals surface area contributed by atoms with E-state index in [9.17, 15) is 4.79 Å². The van der Waals surface area contributed by atoms with Crippen molar-refractivity contribution in [3.05, 3.63) is 50.6 Å². The molecule has 0 unspecified atom stereocenters. The number of hydrogen-bond donors (Lipinski definition) is 0. The topological polar surface area (TPSA) is 52.2 Å². The van der Waals surface area contributed by atoms with Crippen LogP contribution in [0.15, 0.2) is 34.2 Å². The van der Waals surface area contributed by atoms with Crippen LogP contribution in [0.1, 0.15) is 36.3 Å². The summed E-state index contributed by atoms with van der Waals surface area (Å²) in [6.45, 7) is 6.33. The van der Waals surface area contributed by atoms with Gasteiger partial charge >= 0.3 is 0 Å². The van der Waals surface area contributed by atoms with Crippen molar-refractivity contribution >= 4 is 39.1 Å². The summed E-state index contributed by atoms with van der Waals surface area (Å²) in [6, 6.07) is 8.02. The lowest BCUT2D eigenvalue weighted by molar-refractivity contribution is 0.908. The molecule has 7 heteroatoms. The Morgan fingerprint density at radius 1 is 1.22 bits per heavy atom. The average molecular weight is 397 g/mol. The van der Waals surface area contributed by atoms with Gasteiger partial charge in [-0.15, -0.1) is 21.5 Å². The zero-order valence-corrected chi connectivity index (χ0v) is 17.2. The van der Waals surface area contributed by atoms with Crippen LogP contribution in [0, 0.1) is 6.92 Å². The van der Waals surface area contributed by atoms with Gasteiger partial charge in [-0.05, 0) is 49.4 Å². The van der Waals surface area contributed by atoms with Crippen molar-refractivity contribution in [3.63, 3.8) is 0 Å². The Hall–Kier alpha value is -2.12. The van der Waals surface area contributed by atoms with Gasteiger partial charge in [-0.3, -0.25) is 4.79 Å². The Morgan fingerprint density at radius 2 is 2.07 bits per heavy atom. The first kappa shape index (κ1) is 17.0. The van der Waals surface area contributed by atoms with Crippen LogP contribution in [0.5, 0.6) is 0 Å². The van der Waals surface area contributed by atoms with Gasteiger partial charge in [-0.1, -0.05) is 37.7 Å². The minimum Gasteiger partial charge on any atom is -0.268 e. The van der Waals surface area contributed by atoms with Crippen molar-refractivity contribution in [2.24, 2.45) is 0 Å². The van der Waals surface area contributed by atoms with Gasteiger partial charge in [0.1, 0.15) is 4.83 Å². The molecule has 27 heavy (non-hydrogen) atoms. The Balaban J connectivity index is 1.95. The highest BCUT2D eigenvalue weighted by molar-refractivity contribution is 7.99. The minimum atomic E-state index is 0.0241. The highest BCUT2D eigenvalue weighted by Crippen LogP contribution is 2.37.